The highest BCUT2D eigenvalue weighted by Crippen LogP contribution is 2.31. The van der Waals surface area contributed by atoms with Gasteiger partial charge in [0.25, 0.3) is 0 Å². The van der Waals surface area contributed by atoms with Gasteiger partial charge >= 0.3 is 0 Å². The molecule has 0 spiro atoms. The van der Waals surface area contributed by atoms with E-state index in [-0.39, 0.29) is 0 Å². The maximum atomic E-state index is 4.53. The van der Waals surface area contributed by atoms with Gasteiger partial charge in [-0.05, 0) is 23.6 Å². The molecule has 0 aliphatic rings. The quantitative estimate of drug-likeness (QED) is 0.441. The third kappa shape index (κ3) is 2.65. The SMILES string of the molecule is c1cccc(-c2nnc(-c3ccccc3)n2-c2cccc3ccccc23)c#1. The largest absolute Gasteiger partial charge is 0.274 e. The standard InChI is InChI=1S/C24H15N3/c1-3-11-19(12-4-1)23-25-26-24(20-13-5-2-6-14-20)27(23)22-17-9-15-18-10-7-8-16-21(18)22/h1-5,7-13,15-17H. The van der Waals surface area contributed by atoms with Crippen molar-refractivity contribution in [3.8, 4) is 28.5 Å². The average molecular weight is 345 g/mol. The molecule has 0 fully saturated rings. The fourth-order valence-electron chi connectivity index (χ4n) is 3.35. The first kappa shape index (κ1) is 15.4. The van der Waals surface area contributed by atoms with Crippen molar-refractivity contribution in [3.63, 3.8) is 0 Å². The average Bonchev–Trinajstić information content (AvgIpc) is 3.19. The lowest BCUT2D eigenvalue weighted by Crippen LogP contribution is -2.01. The summed E-state index contributed by atoms with van der Waals surface area (Å²) in [5.41, 5.74) is 2.92. The summed E-state index contributed by atoms with van der Waals surface area (Å²) in [7, 11) is 0. The predicted octanol–water partition coefficient (Wildman–Crippen LogP) is 5.35. The molecule has 0 unspecified atom stereocenters. The number of aromatic nitrogens is 3. The van der Waals surface area contributed by atoms with Gasteiger partial charge in [0.2, 0.25) is 0 Å². The molecule has 0 aliphatic carbocycles. The molecular weight excluding hydrogens is 330 g/mol. The number of hydrogen-bond donors (Lipinski definition) is 0. The molecular formula is C24H15N3. The topological polar surface area (TPSA) is 30.7 Å². The van der Waals surface area contributed by atoms with Crippen LogP contribution in [-0.2, 0) is 0 Å². The van der Waals surface area contributed by atoms with Crippen molar-refractivity contribution in [1.29, 1.82) is 0 Å². The maximum absolute atomic E-state index is 4.53. The zero-order chi connectivity index (χ0) is 18.1. The molecule has 126 valence electrons. The third-order valence-corrected chi connectivity index (χ3v) is 4.59. The van der Waals surface area contributed by atoms with Crippen LogP contribution < -0.4 is 0 Å². The van der Waals surface area contributed by atoms with E-state index in [0.29, 0.717) is 0 Å². The Morgan fingerprint density at radius 3 is 2.30 bits per heavy atom. The molecule has 0 saturated heterocycles. The van der Waals surface area contributed by atoms with Gasteiger partial charge in [0, 0.05) is 10.9 Å². The number of hydrogen-bond acceptors (Lipinski definition) is 2. The summed E-state index contributed by atoms with van der Waals surface area (Å²) in [6.07, 6.45) is 0. The maximum Gasteiger partial charge on any atom is 0.177 e. The van der Waals surface area contributed by atoms with Crippen LogP contribution in [0.4, 0.5) is 0 Å². The van der Waals surface area contributed by atoms with E-state index >= 15 is 0 Å². The van der Waals surface area contributed by atoms with Crippen molar-refractivity contribution in [1.82, 2.24) is 14.8 Å². The first-order valence-corrected chi connectivity index (χ1v) is 8.79. The Kier molecular flexibility index (Phi) is 3.66. The zero-order valence-electron chi connectivity index (χ0n) is 14.5. The molecule has 0 bridgehead atoms. The molecule has 0 N–H and O–H groups in total. The molecule has 27 heavy (non-hydrogen) atoms. The highest BCUT2D eigenvalue weighted by atomic mass is 15.3. The minimum Gasteiger partial charge on any atom is -0.274 e. The summed E-state index contributed by atoms with van der Waals surface area (Å²) >= 11 is 0. The van der Waals surface area contributed by atoms with E-state index in [1.807, 2.05) is 36.4 Å². The summed E-state index contributed by atoms with van der Waals surface area (Å²) in [5, 5.41) is 11.4. The zero-order valence-corrected chi connectivity index (χ0v) is 14.5. The summed E-state index contributed by atoms with van der Waals surface area (Å²) in [4.78, 5) is 0. The van der Waals surface area contributed by atoms with Gasteiger partial charge in [-0.15, -0.1) is 10.2 Å². The lowest BCUT2D eigenvalue weighted by Gasteiger charge is -2.13. The Balaban J connectivity index is 1.85. The fourth-order valence-corrected chi connectivity index (χ4v) is 3.35. The molecule has 0 amide bonds. The van der Waals surface area contributed by atoms with Crippen LogP contribution in [0, 0.1) is 12.1 Å². The molecule has 0 aliphatic heterocycles. The summed E-state index contributed by atoms with van der Waals surface area (Å²) in [6.45, 7) is 0. The Morgan fingerprint density at radius 1 is 0.667 bits per heavy atom. The lowest BCUT2D eigenvalue weighted by molar-refractivity contribution is 1.08. The molecule has 1 heterocycles. The van der Waals surface area contributed by atoms with Crippen LogP contribution in [0.3, 0.4) is 0 Å². The van der Waals surface area contributed by atoms with E-state index in [1.165, 1.54) is 5.39 Å². The molecule has 1 aromatic heterocycles. The Morgan fingerprint density at radius 2 is 1.44 bits per heavy atom. The predicted molar refractivity (Wildman–Crippen MR) is 107 cm³/mol. The van der Waals surface area contributed by atoms with Crippen LogP contribution >= 0.6 is 0 Å². The summed E-state index contributed by atoms with van der Waals surface area (Å²) in [5.74, 6) is 1.56. The van der Waals surface area contributed by atoms with Crippen LogP contribution in [0.1, 0.15) is 0 Å². The van der Waals surface area contributed by atoms with E-state index in [2.05, 4.69) is 81.5 Å². The monoisotopic (exact) mass is 345 g/mol. The van der Waals surface area contributed by atoms with Crippen LogP contribution in [-0.4, -0.2) is 14.8 Å². The number of nitrogens with zero attached hydrogens (tertiary/aromatic N) is 3. The molecule has 0 atom stereocenters. The molecule has 3 heteroatoms. The van der Waals surface area contributed by atoms with Crippen LogP contribution in [0.25, 0.3) is 39.2 Å². The van der Waals surface area contributed by atoms with Crippen molar-refractivity contribution in [2.75, 3.05) is 0 Å². The van der Waals surface area contributed by atoms with Gasteiger partial charge in [-0.1, -0.05) is 84.9 Å². The van der Waals surface area contributed by atoms with E-state index in [1.54, 1.807) is 0 Å². The van der Waals surface area contributed by atoms with Gasteiger partial charge in [-0.2, -0.15) is 0 Å². The molecule has 5 rings (SSSR count). The van der Waals surface area contributed by atoms with Crippen LogP contribution in [0.15, 0.2) is 91.0 Å². The fraction of sp³-hybridized carbons (Fsp3) is 0. The minimum absolute atomic E-state index is 0.752. The molecule has 0 saturated carbocycles. The second-order valence-corrected chi connectivity index (χ2v) is 6.26. The van der Waals surface area contributed by atoms with Gasteiger partial charge in [0.15, 0.2) is 11.6 Å². The first-order chi connectivity index (χ1) is 13.4. The van der Waals surface area contributed by atoms with Crippen molar-refractivity contribution in [2.45, 2.75) is 0 Å². The second kappa shape index (κ2) is 6.44. The third-order valence-electron chi connectivity index (χ3n) is 4.59. The number of rotatable bonds is 3. The van der Waals surface area contributed by atoms with Crippen LogP contribution in [0.5, 0.6) is 0 Å². The van der Waals surface area contributed by atoms with Gasteiger partial charge in [0.05, 0.1) is 11.3 Å². The summed E-state index contributed by atoms with van der Waals surface area (Å²) < 4.78 is 2.11. The van der Waals surface area contributed by atoms with Gasteiger partial charge in [-0.3, -0.25) is 4.57 Å². The molecule has 4 aromatic carbocycles. The van der Waals surface area contributed by atoms with Crippen molar-refractivity contribution in [3.05, 3.63) is 103 Å². The van der Waals surface area contributed by atoms with Crippen molar-refractivity contribution in [2.24, 2.45) is 0 Å². The second-order valence-electron chi connectivity index (χ2n) is 6.26. The van der Waals surface area contributed by atoms with Crippen LogP contribution in [0.2, 0.25) is 0 Å². The first-order valence-electron chi connectivity index (χ1n) is 8.79. The number of fused-ring (bicyclic) bond motifs is 1. The highest BCUT2D eigenvalue weighted by Gasteiger charge is 2.18. The minimum atomic E-state index is 0.752. The van der Waals surface area contributed by atoms with Crippen molar-refractivity contribution >= 4 is 10.8 Å². The molecule has 3 nitrogen and oxygen atoms in total. The van der Waals surface area contributed by atoms with E-state index in [4.69, 9.17) is 0 Å². The van der Waals surface area contributed by atoms with E-state index in [0.717, 1.165) is 33.8 Å². The smallest absolute Gasteiger partial charge is 0.177 e. The molecule has 5 aromatic rings. The van der Waals surface area contributed by atoms with E-state index < -0.39 is 0 Å². The van der Waals surface area contributed by atoms with Gasteiger partial charge < -0.3 is 0 Å². The van der Waals surface area contributed by atoms with Gasteiger partial charge in [-0.25, -0.2) is 0 Å². The Hall–Kier alpha value is -3.90. The van der Waals surface area contributed by atoms with Gasteiger partial charge in [0.1, 0.15) is 0 Å². The number of benzene rings is 3. The molecule has 0 radical (unpaired) electrons. The van der Waals surface area contributed by atoms with E-state index in [9.17, 15) is 0 Å². The normalized spacial score (nSPS) is 10.7. The Labute approximate surface area is 157 Å². The Bertz CT molecular complexity index is 1150. The lowest BCUT2D eigenvalue weighted by atomic mass is 10.1. The summed E-state index contributed by atoms with van der Waals surface area (Å²) in [6, 6.07) is 36.7. The highest BCUT2D eigenvalue weighted by molar-refractivity contribution is 5.91. The van der Waals surface area contributed by atoms with Crippen molar-refractivity contribution < 1.29 is 0 Å².